The van der Waals surface area contributed by atoms with Gasteiger partial charge in [0.1, 0.15) is 17.5 Å². The topological polar surface area (TPSA) is 78.2 Å². The number of carbonyl (C=O) groups is 1. The second kappa shape index (κ2) is 7.27. The van der Waals surface area contributed by atoms with Crippen molar-refractivity contribution in [3.8, 4) is 11.8 Å². The van der Waals surface area contributed by atoms with Gasteiger partial charge in [0.15, 0.2) is 0 Å². The normalized spacial score (nSPS) is 11.2. The number of hydrogen-bond acceptors (Lipinski definition) is 5. The summed E-state index contributed by atoms with van der Waals surface area (Å²) in [7, 11) is 5.28. The number of carbonyl (C=O) groups excluding carboxylic acids is 1. The molecule has 0 spiro atoms. The van der Waals surface area contributed by atoms with Crippen LogP contribution in [-0.4, -0.2) is 32.1 Å². The lowest BCUT2D eigenvalue weighted by Gasteiger charge is -2.16. The van der Waals surface area contributed by atoms with E-state index in [0.29, 0.717) is 11.3 Å². The van der Waals surface area contributed by atoms with Gasteiger partial charge in [-0.2, -0.15) is 5.26 Å². The predicted octanol–water partition coefficient (Wildman–Crippen LogP) is 2.15. The Labute approximate surface area is 135 Å². The molecule has 23 heavy (non-hydrogen) atoms. The van der Waals surface area contributed by atoms with Crippen molar-refractivity contribution in [1.82, 2.24) is 10.3 Å². The fourth-order valence-electron chi connectivity index (χ4n) is 2.11. The van der Waals surface area contributed by atoms with Crippen LogP contribution in [-0.2, 0) is 0 Å². The molecule has 6 heteroatoms. The zero-order valence-corrected chi connectivity index (χ0v) is 13.3. The summed E-state index contributed by atoms with van der Waals surface area (Å²) in [6.07, 6.45) is 1.56. The van der Waals surface area contributed by atoms with Crippen LogP contribution in [0.1, 0.15) is 22.1 Å². The van der Waals surface area contributed by atoms with Gasteiger partial charge in [-0.25, -0.2) is 0 Å². The third-order valence-electron chi connectivity index (χ3n) is 3.35. The monoisotopic (exact) mass is 310 g/mol. The van der Waals surface area contributed by atoms with Gasteiger partial charge in [-0.3, -0.25) is 9.78 Å². The highest BCUT2D eigenvalue weighted by molar-refractivity contribution is 5.93. The molecule has 0 unspecified atom stereocenters. The van der Waals surface area contributed by atoms with Crippen molar-refractivity contribution in [1.29, 1.82) is 5.26 Å². The maximum absolute atomic E-state index is 12.4. The second-order valence-corrected chi connectivity index (χ2v) is 5.07. The summed E-state index contributed by atoms with van der Waals surface area (Å²) >= 11 is 0. The predicted molar refractivity (Wildman–Crippen MR) is 87.4 cm³/mol. The summed E-state index contributed by atoms with van der Waals surface area (Å²) in [6.45, 7) is 0. The van der Waals surface area contributed by atoms with Crippen LogP contribution < -0.4 is 15.0 Å². The highest BCUT2D eigenvalue weighted by Gasteiger charge is 2.19. The van der Waals surface area contributed by atoms with Crippen LogP contribution in [0.3, 0.4) is 0 Å². The summed E-state index contributed by atoms with van der Waals surface area (Å²) in [5.74, 6) is 0.139. The molecule has 0 aliphatic rings. The van der Waals surface area contributed by atoms with E-state index in [9.17, 15) is 10.1 Å². The van der Waals surface area contributed by atoms with E-state index >= 15 is 0 Å². The van der Waals surface area contributed by atoms with Crippen molar-refractivity contribution in [2.75, 3.05) is 26.1 Å². The molecule has 0 aliphatic heterocycles. The van der Waals surface area contributed by atoms with Crippen molar-refractivity contribution < 1.29 is 9.53 Å². The molecule has 6 nitrogen and oxygen atoms in total. The van der Waals surface area contributed by atoms with Gasteiger partial charge in [0.25, 0.3) is 5.91 Å². The Morgan fingerprint density at radius 2 is 2.09 bits per heavy atom. The number of nitriles is 1. The average molecular weight is 310 g/mol. The first kappa shape index (κ1) is 16.3. The molecule has 1 amide bonds. The van der Waals surface area contributed by atoms with Gasteiger partial charge in [-0.1, -0.05) is 18.2 Å². The van der Waals surface area contributed by atoms with Crippen LogP contribution in [0.4, 0.5) is 5.69 Å². The van der Waals surface area contributed by atoms with Gasteiger partial charge < -0.3 is 15.0 Å². The fourth-order valence-corrected chi connectivity index (χ4v) is 2.11. The number of pyridine rings is 1. The second-order valence-electron chi connectivity index (χ2n) is 5.07. The zero-order chi connectivity index (χ0) is 16.8. The number of para-hydroxylation sites is 1. The van der Waals surface area contributed by atoms with E-state index in [0.717, 1.165) is 5.69 Å². The Balaban J connectivity index is 2.24. The molecule has 0 radical (unpaired) electrons. The zero-order valence-electron chi connectivity index (χ0n) is 13.3. The Hall–Kier alpha value is -3.07. The Kier molecular flexibility index (Phi) is 5.15. The Morgan fingerprint density at radius 1 is 1.35 bits per heavy atom. The average Bonchev–Trinajstić information content (AvgIpc) is 2.59. The minimum absolute atomic E-state index is 0.256. The number of nitrogens with zero attached hydrogens (tertiary/aromatic N) is 3. The number of methoxy groups -OCH3 is 1. The van der Waals surface area contributed by atoms with E-state index in [1.54, 1.807) is 42.6 Å². The summed E-state index contributed by atoms with van der Waals surface area (Å²) in [5, 5.41) is 12.1. The molecule has 1 atom stereocenters. The molecule has 1 heterocycles. The minimum Gasteiger partial charge on any atom is -0.496 e. The SMILES string of the molecule is COc1ccccc1[C@@H](C#N)NC(=O)c1cc(N(C)C)ccn1. The molecular weight excluding hydrogens is 292 g/mol. The summed E-state index contributed by atoms with van der Waals surface area (Å²) < 4.78 is 5.24. The maximum atomic E-state index is 12.4. The molecule has 118 valence electrons. The third kappa shape index (κ3) is 3.77. The van der Waals surface area contributed by atoms with E-state index in [2.05, 4.69) is 16.4 Å². The van der Waals surface area contributed by atoms with E-state index in [4.69, 9.17) is 4.74 Å². The smallest absolute Gasteiger partial charge is 0.271 e. The molecule has 0 aliphatic carbocycles. The minimum atomic E-state index is -0.816. The van der Waals surface area contributed by atoms with Crippen molar-refractivity contribution in [2.45, 2.75) is 6.04 Å². The van der Waals surface area contributed by atoms with Gasteiger partial charge in [0, 0.05) is 31.5 Å². The van der Waals surface area contributed by atoms with Gasteiger partial charge in [-0.05, 0) is 18.2 Å². The Bertz CT molecular complexity index is 737. The largest absolute Gasteiger partial charge is 0.496 e. The summed E-state index contributed by atoms with van der Waals surface area (Å²) in [4.78, 5) is 18.3. The van der Waals surface area contributed by atoms with Gasteiger partial charge in [-0.15, -0.1) is 0 Å². The van der Waals surface area contributed by atoms with E-state index < -0.39 is 11.9 Å². The molecule has 0 fully saturated rings. The number of hydrogen-bond donors (Lipinski definition) is 1. The lowest BCUT2D eigenvalue weighted by atomic mass is 10.1. The van der Waals surface area contributed by atoms with Crippen LogP contribution in [0.15, 0.2) is 42.6 Å². The molecule has 2 rings (SSSR count). The number of aromatic nitrogens is 1. The van der Waals surface area contributed by atoms with E-state index in [1.807, 2.05) is 19.0 Å². The Morgan fingerprint density at radius 3 is 2.74 bits per heavy atom. The molecule has 1 aromatic heterocycles. The quantitative estimate of drug-likeness (QED) is 0.915. The highest BCUT2D eigenvalue weighted by Crippen LogP contribution is 2.24. The van der Waals surface area contributed by atoms with Gasteiger partial charge >= 0.3 is 0 Å². The maximum Gasteiger partial charge on any atom is 0.271 e. The number of benzene rings is 1. The van der Waals surface area contributed by atoms with Gasteiger partial charge in [0.05, 0.1) is 13.2 Å². The first-order valence-corrected chi connectivity index (χ1v) is 7.03. The van der Waals surface area contributed by atoms with Crippen molar-refractivity contribution in [3.05, 3.63) is 53.9 Å². The molecule has 1 N–H and O–H groups in total. The first-order chi connectivity index (χ1) is 11.1. The van der Waals surface area contributed by atoms with Crippen LogP contribution >= 0.6 is 0 Å². The lowest BCUT2D eigenvalue weighted by molar-refractivity contribution is 0.0940. The van der Waals surface area contributed by atoms with E-state index in [1.165, 1.54) is 7.11 Å². The van der Waals surface area contributed by atoms with Crippen LogP contribution in [0, 0.1) is 11.3 Å². The van der Waals surface area contributed by atoms with Crippen molar-refractivity contribution >= 4 is 11.6 Å². The van der Waals surface area contributed by atoms with Crippen LogP contribution in [0.2, 0.25) is 0 Å². The number of nitrogens with one attached hydrogen (secondary N) is 1. The van der Waals surface area contributed by atoms with Crippen LogP contribution in [0.25, 0.3) is 0 Å². The summed E-state index contributed by atoms with van der Waals surface area (Å²) in [5.41, 5.74) is 1.72. The number of ether oxygens (including phenoxy) is 1. The molecular formula is C17H18N4O2. The first-order valence-electron chi connectivity index (χ1n) is 7.03. The molecule has 0 saturated heterocycles. The molecule has 1 aromatic carbocycles. The van der Waals surface area contributed by atoms with Crippen molar-refractivity contribution in [3.63, 3.8) is 0 Å². The molecule has 2 aromatic rings. The molecule has 0 saturated carbocycles. The summed E-state index contributed by atoms with van der Waals surface area (Å²) in [6, 6.07) is 11.8. The van der Waals surface area contributed by atoms with Crippen LogP contribution in [0.5, 0.6) is 5.75 Å². The van der Waals surface area contributed by atoms with E-state index in [-0.39, 0.29) is 5.69 Å². The fraction of sp³-hybridized carbons (Fsp3) is 0.235. The molecule has 0 bridgehead atoms. The van der Waals surface area contributed by atoms with Crippen molar-refractivity contribution in [2.24, 2.45) is 0 Å². The standard InChI is InChI=1S/C17H18N4O2/c1-21(2)12-8-9-19-14(10-12)17(22)20-15(11-18)13-6-4-5-7-16(13)23-3/h4-10,15H,1-3H3,(H,20,22)/t15-/m1/s1. The van der Waals surface area contributed by atoms with Gasteiger partial charge in [0.2, 0.25) is 0 Å². The highest BCUT2D eigenvalue weighted by atomic mass is 16.5. The number of amides is 1. The number of anilines is 1. The lowest BCUT2D eigenvalue weighted by Crippen LogP contribution is -2.28. The number of rotatable bonds is 5. The third-order valence-corrected chi connectivity index (χ3v) is 3.35.